The van der Waals surface area contributed by atoms with Crippen molar-refractivity contribution < 1.29 is 4.79 Å². The van der Waals surface area contributed by atoms with Crippen LogP contribution in [0.3, 0.4) is 0 Å². The molecule has 0 aromatic rings. The molecule has 0 bridgehead atoms. The maximum Gasteiger partial charge on any atom is 0.135 e. The summed E-state index contributed by atoms with van der Waals surface area (Å²) in [6.45, 7) is 11.1. The molecule has 0 aliphatic carbocycles. The summed E-state index contributed by atoms with van der Waals surface area (Å²) in [5.74, 6) is 2.04. The van der Waals surface area contributed by atoms with Crippen LogP contribution < -0.4 is 0 Å². The summed E-state index contributed by atoms with van der Waals surface area (Å²) >= 11 is 0. The number of hydrogen-bond acceptors (Lipinski definition) is 1. The van der Waals surface area contributed by atoms with Crippen LogP contribution in [-0.2, 0) is 4.79 Å². The molecule has 0 saturated heterocycles. The second kappa shape index (κ2) is 9.67. The topological polar surface area (TPSA) is 17.1 Å². The van der Waals surface area contributed by atoms with E-state index in [-0.39, 0.29) is 0 Å². The molecular weight excluding hydrogens is 208 g/mol. The Hall–Kier alpha value is -0.330. The molecule has 17 heavy (non-hydrogen) atoms. The van der Waals surface area contributed by atoms with Gasteiger partial charge >= 0.3 is 0 Å². The number of carbonyl (C=O) groups excluding carboxylic acids is 1. The maximum atomic E-state index is 12.0. The number of ketones is 1. The average Bonchev–Trinajstić information content (AvgIpc) is 2.35. The molecule has 0 aromatic heterocycles. The minimum atomic E-state index is 0.312. The highest BCUT2D eigenvalue weighted by molar-refractivity contribution is 5.80. The lowest BCUT2D eigenvalue weighted by Crippen LogP contribution is -2.26. The van der Waals surface area contributed by atoms with Gasteiger partial charge in [0.05, 0.1) is 0 Å². The van der Waals surface area contributed by atoms with E-state index in [1.54, 1.807) is 0 Å². The summed E-state index contributed by atoms with van der Waals surface area (Å²) in [6, 6.07) is 0. The molecule has 1 heteroatoms. The van der Waals surface area contributed by atoms with Crippen molar-refractivity contribution in [2.24, 2.45) is 17.8 Å². The first-order chi connectivity index (χ1) is 8.08. The lowest BCUT2D eigenvalue weighted by atomic mass is 9.76. The van der Waals surface area contributed by atoms with Crippen molar-refractivity contribution in [3.63, 3.8) is 0 Å². The van der Waals surface area contributed by atoms with Crippen LogP contribution in [0, 0.1) is 17.8 Å². The first kappa shape index (κ1) is 16.7. The molecule has 0 aromatic carbocycles. The molecule has 0 rings (SSSR count). The fourth-order valence-electron chi connectivity index (χ4n) is 2.59. The fraction of sp³-hybridized carbons (Fsp3) is 0.938. The van der Waals surface area contributed by atoms with Crippen molar-refractivity contribution in [1.29, 1.82) is 0 Å². The van der Waals surface area contributed by atoms with Crippen molar-refractivity contribution in [1.82, 2.24) is 0 Å². The van der Waals surface area contributed by atoms with E-state index in [0.29, 0.717) is 30.0 Å². The molecular formula is C16H32O. The summed E-state index contributed by atoms with van der Waals surface area (Å²) < 4.78 is 0. The van der Waals surface area contributed by atoms with Crippen LogP contribution in [0.1, 0.15) is 79.6 Å². The van der Waals surface area contributed by atoms with E-state index in [4.69, 9.17) is 0 Å². The molecule has 0 fully saturated rings. The maximum absolute atomic E-state index is 12.0. The highest BCUT2D eigenvalue weighted by Crippen LogP contribution is 2.30. The minimum Gasteiger partial charge on any atom is -0.299 e. The van der Waals surface area contributed by atoms with Gasteiger partial charge in [-0.05, 0) is 18.3 Å². The van der Waals surface area contributed by atoms with E-state index in [1.807, 2.05) is 6.92 Å². The molecule has 102 valence electrons. The Bertz CT molecular complexity index is 198. The minimum absolute atomic E-state index is 0.312. The summed E-state index contributed by atoms with van der Waals surface area (Å²) in [4.78, 5) is 12.0. The second-order valence-electron chi connectivity index (χ2n) is 5.55. The van der Waals surface area contributed by atoms with Crippen LogP contribution in [-0.4, -0.2) is 5.78 Å². The van der Waals surface area contributed by atoms with Crippen molar-refractivity contribution in [3.8, 4) is 0 Å². The van der Waals surface area contributed by atoms with Gasteiger partial charge in [0.25, 0.3) is 0 Å². The zero-order valence-corrected chi connectivity index (χ0v) is 12.6. The SMILES string of the molecule is CCCCC(C)C(C)C(CCCC)C(=O)CC. The third-order valence-electron chi connectivity index (χ3n) is 4.18. The third kappa shape index (κ3) is 6.24. The van der Waals surface area contributed by atoms with Crippen LogP contribution in [0.4, 0.5) is 0 Å². The van der Waals surface area contributed by atoms with Gasteiger partial charge in [0.15, 0.2) is 0 Å². The fourth-order valence-corrected chi connectivity index (χ4v) is 2.59. The van der Waals surface area contributed by atoms with Crippen LogP contribution >= 0.6 is 0 Å². The van der Waals surface area contributed by atoms with E-state index in [9.17, 15) is 4.79 Å². The van der Waals surface area contributed by atoms with Gasteiger partial charge in [-0.2, -0.15) is 0 Å². The van der Waals surface area contributed by atoms with E-state index >= 15 is 0 Å². The van der Waals surface area contributed by atoms with E-state index in [1.165, 1.54) is 32.1 Å². The quantitative estimate of drug-likeness (QED) is 0.510. The molecule has 0 saturated carbocycles. The lowest BCUT2D eigenvalue weighted by molar-refractivity contribution is -0.125. The Kier molecular flexibility index (Phi) is 9.49. The molecule has 0 aliphatic heterocycles. The second-order valence-corrected chi connectivity index (χ2v) is 5.55. The van der Waals surface area contributed by atoms with Crippen LogP contribution in [0.2, 0.25) is 0 Å². The Morgan fingerprint density at radius 1 is 0.941 bits per heavy atom. The standard InChI is InChI=1S/C16H32O/c1-6-9-11-13(4)14(5)15(12-10-7-2)16(17)8-3/h13-15H,6-12H2,1-5H3. The van der Waals surface area contributed by atoms with Crippen LogP contribution in [0.15, 0.2) is 0 Å². The molecule has 1 nitrogen and oxygen atoms in total. The van der Waals surface area contributed by atoms with Crippen molar-refractivity contribution >= 4 is 5.78 Å². The number of carbonyl (C=O) groups is 1. The Morgan fingerprint density at radius 2 is 1.47 bits per heavy atom. The monoisotopic (exact) mass is 240 g/mol. The molecule has 0 heterocycles. The van der Waals surface area contributed by atoms with Gasteiger partial charge in [-0.1, -0.05) is 66.7 Å². The molecule has 3 unspecified atom stereocenters. The summed E-state index contributed by atoms with van der Waals surface area (Å²) in [7, 11) is 0. The summed E-state index contributed by atoms with van der Waals surface area (Å²) in [5.41, 5.74) is 0. The van der Waals surface area contributed by atoms with Crippen molar-refractivity contribution in [2.45, 2.75) is 79.6 Å². The molecule has 0 amide bonds. The number of unbranched alkanes of at least 4 members (excludes halogenated alkanes) is 2. The zero-order valence-electron chi connectivity index (χ0n) is 12.6. The normalized spacial score (nSPS) is 16.5. The van der Waals surface area contributed by atoms with Gasteiger partial charge in [0, 0.05) is 12.3 Å². The Balaban J connectivity index is 4.38. The highest BCUT2D eigenvalue weighted by atomic mass is 16.1. The number of rotatable bonds is 10. The van der Waals surface area contributed by atoms with Crippen molar-refractivity contribution in [3.05, 3.63) is 0 Å². The smallest absolute Gasteiger partial charge is 0.135 e. The first-order valence-corrected chi connectivity index (χ1v) is 7.61. The van der Waals surface area contributed by atoms with Gasteiger partial charge < -0.3 is 0 Å². The summed E-state index contributed by atoms with van der Waals surface area (Å²) in [5, 5.41) is 0. The highest BCUT2D eigenvalue weighted by Gasteiger charge is 2.26. The largest absolute Gasteiger partial charge is 0.299 e. The third-order valence-corrected chi connectivity index (χ3v) is 4.18. The number of Topliss-reactive ketones (excluding diaryl/α,β-unsaturated/α-hetero) is 1. The number of hydrogen-bond donors (Lipinski definition) is 0. The molecule has 0 N–H and O–H groups in total. The van der Waals surface area contributed by atoms with E-state index < -0.39 is 0 Å². The van der Waals surface area contributed by atoms with Gasteiger partial charge in [0.2, 0.25) is 0 Å². The van der Waals surface area contributed by atoms with E-state index in [0.717, 1.165) is 6.42 Å². The first-order valence-electron chi connectivity index (χ1n) is 7.61. The van der Waals surface area contributed by atoms with Crippen LogP contribution in [0.25, 0.3) is 0 Å². The van der Waals surface area contributed by atoms with Gasteiger partial charge in [-0.25, -0.2) is 0 Å². The van der Waals surface area contributed by atoms with Crippen molar-refractivity contribution in [2.75, 3.05) is 0 Å². The summed E-state index contributed by atoms with van der Waals surface area (Å²) in [6.07, 6.45) is 8.03. The van der Waals surface area contributed by atoms with Gasteiger partial charge in [0.1, 0.15) is 5.78 Å². The molecule has 0 aliphatic rings. The van der Waals surface area contributed by atoms with Crippen LogP contribution in [0.5, 0.6) is 0 Å². The average molecular weight is 240 g/mol. The molecule has 3 atom stereocenters. The van der Waals surface area contributed by atoms with Gasteiger partial charge in [-0.15, -0.1) is 0 Å². The predicted octanol–water partition coefficient (Wildman–Crippen LogP) is 5.23. The van der Waals surface area contributed by atoms with E-state index in [2.05, 4.69) is 27.7 Å². The lowest BCUT2D eigenvalue weighted by Gasteiger charge is -2.28. The zero-order chi connectivity index (χ0) is 13.3. The molecule has 0 spiro atoms. The van der Waals surface area contributed by atoms with Gasteiger partial charge in [-0.3, -0.25) is 4.79 Å². The Morgan fingerprint density at radius 3 is 1.94 bits per heavy atom. The predicted molar refractivity (Wildman–Crippen MR) is 76.2 cm³/mol. The Labute approximate surface area is 108 Å². The molecule has 0 radical (unpaired) electrons.